The highest BCUT2D eigenvalue weighted by Gasteiger charge is 2.26. The fourth-order valence-electron chi connectivity index (χ4n) is 4.33. The molecule has 176 valence electrons. The zero-order chi connectivity index (χ0) is 23.7. The first-order chi connectivity index (χ1) is 16.5. The van der Waals surface area contributed by atoms with Gasteiger partial charge in [-0.3, -0.25) is 14.6 Å². The number of amides is 1. The Morgan fingerprint density at radius 1 is 1.09 bits per heavy atom. The summed E-state index contributed by atoms with van der Waals surface area (Å²) in [5.74, 6) is 0.483. The summed E-state index contributed by atoms with van der Waals surface area (Å²) >= 11 is 1.56. The van der Waals surface area contributed by atoms with Gasteiger partial charge in [0.1, 0.15) is 5.75 Å². The molecule has 0 bridgehead atoms. The van der Waals surface area contributed by atoms with Crippen molar-refractivity contribution in [3.05, 3.63) is 65.2 Å². The molecule has 1 saturated heterocycles. The lowest BCUT2D eigenvalue weighted by molar-refractivity contribution is 0.0391. The van der Waals surface area contributed by atoms with E-state index in [1.54, 1.807) is 18.4 Å². The third-order valence-corrected chi connectivity index (χ3v) is 7.55. The summed E-state index contributed by atoms with van der Waals surface area (Å²) in [6, 6.07) is 16.2. The fraction of sp³-hybridized carbons (Fsp3) is 0.333. The molecule has 1 aliphatic heterocycles. The van der Waals surface area contributed by atoms with Crippen molar-refractivity contribution in [2.75, 3.05) is 51.4 Å². The molecule has 0 aliphatic carbocycles. The normalized spacial score (nSPS) is 14.6. The lowest BCUT2D eigenvalue weighted by Crippen LogP contribution is -2.43. The number of fused-ring (bicyclic) bond motifs is 2. The van der Waals surface area contributed by atoms with E-state index in [0.29, 0.717) is 23.0 Å². The summed E-state index contributed by atoms with van der Waals surface area (Å²) in [4.78, 5) is 23.1. The van der Waals surface area contributed by atoms with E-state index in [4.69, 9.17) is 14.5 Å². The highest BCUT2D eigenvalue weighted by molar-refractivity contribution is 7.22. The molecular weight excluding hydrogens is 446 g/mol. The van der Waals surface area contributed by atoms with Crippen LogP contribution >= 0.6 is 11.3 Å². The summed E-state index contributed by atoms with van der Waals surface area (Å²) in [6.45, 7) is 8.72. The van der Waals surface area contributed by atoms with Crippen molar-refractivity contribution in [2.45, 2.75) is 13.8 Å². The van der Waals surface area contributed by atoms with Crippen LogP contribution in [0.2, 0.25) is 0 Å². The number of methoxy groups -OCH3 is 1. The van der Waals surface area contributed by atoms with Gasteiger partial charge in [-0.25, -0.2) is 4.98 Å². The van der Waals surface area contributed by atoms with Crippen molar-refractivity contribution < 1.29 is 14.3 Å². The number of hydrogen-bond acceptors (Lipinski definition) is 6. The Hall–Kier alpha value is -3.00. The zero-order valence-electron chi connectivity index (χ0n) is 19.8. The minimum absolute atomic E-state index is 0.0941. The molecule has 6 nitrogen and oxygen atoms in total. The van der Waals surface area contributed by atoms with Gasteiger partial charge in [0, 0.05) is 26.2 Å². The second-order valence-corrected chi connectivity index (χ2v) is 9.72. The second kappa shape index (κ2) is 9.70. The number of aromatic nitrogens is 1. The number of rotatable bonds is 6. The fourth-order valence-corrected chi connectivity index (χ4v) is 5.40. The van der Waals surface area contributed by atoms with Gasteiger partial charge >= 0.3 is 0 Å². The molecule has 1 amide bonds. The largest absolute Gasteiger partial charge is 0.496 e. The number of anilines is 1. The van der Waals surface area contributed by atoms with Gasteiger partial charge in [0.2, 0.25) is 0 Å². The molecule has 5 rings (SSSR count). The highest BCUT2D eigenvalue weighted by Crippen LogP contribution is 2.34. The molecule has 7 heteroatoms. The first-order valence-electron chi connectivity index (χ1n) is 11.6. The summed E-state index contributed by atoms with van der Waals surface area (Å²) in [6.07, 6.45) is 0. The molecule has 3 aromatic carbocycles. The van der Waals surface area contributed by atoms with Gasteiger partial charge < -0.3 is 9.47 Å². The van der Waals surface area contributed by atoms with Crippen LogP contribution in [0, 0.1) is 13.8 Å². The number of thiazole rings is 1. The van der Waals surface area contributed by atoms with Crippen molar-refractivity contribution in [2.24, 2.45) is 0 Å². The lowest BCUT2D eigenvalue weighted by atomic mass is 10.0. The van der Waals surface area contributed by atoms with E-state index in [-0.39, 0.29) is 5.91 Å². The SMILES string of the molecule is COc1cc2ccccc2cc1C(=O)N(CCN1CCOCC1)c1nc2cc(C)c(C)cc2s1. The summed E-state index contributed by atoms with van der Waals surface area (Å²) in [7, 11) is 1.61. The van der Waals surface area contributed by atoms with Crippen LogP contribution in [0.5, 0.6) is 5.75 Å². The molecule has 0 saturated carbocycles. The maximum Gasteiger partial charge on any atom is 0.263 e. The van der Waals surface area contributed by atoms with Crippen molar-refractivity contribution in [1.82, 2.24) is 9.88 Å². The minimum Gasteiger partial charge on any atom is -0.496 e. The summed E-state index contributed by atoms with van der Waals surface area (Å²) < 4.78 is 12.2. The summed E-state index contributed by atoms with van der Waals surface area (Å²) in [5.41, 5.74) is 3.91. The van der Waals surface area contributed by atoms with E-state index < -0.39 is 0 Å². The van der Waals surface area contributed by atoms with E-state index >= 15 is 0 Å². The van der Waals surface area contributed by atoms with Gasteiger partial charge in [-0.15, -0.1) is 0 Å². The number of nitrogens with zero attached hydrogens (tertiary/aromatic N) is 3. The van der Waals surface area contributed by atoms with E-state index in [2.05, 4.69) is 30.9 Å². The Labute approximate surface area is 203 Å². The van der Waals surface area contributed by atoms with Crippen LogP contribution in [0.25, 0.3) is 21.0 Å². The Morgan fingerprint density at radius 2 is 1.79 bits per heavy atom. The number of aryl methyl sites for hydroxylation is 2. The quantitative estimate of drug-likeness (QED) is 0.390. The molecule has 1 aliphatic rings. The number of ether oxygens (including phenoxy) is 2. The number of carbonyl (C=O) groups is 1. The van der Waals surface area contributed by atoms with Gasteiger partial charge in [-0.2, -0.15) is 0 Å². The standard InChI is InChI=1S/C27H29N3O3S/c1-18-14-23-25(15-19(18)2)34-27(28-23)30(9-8-29-10-12-33-13-11-29)26(31)22-16-20-6-4-5-7-21(20)17-24(22)32-3/h4-7,14-17H,8-13H2,1-3H3. The van der Waals surface area contributed by atoms with Crippen molar-refractivity contribution in [3.8, 4) is 5.75 Å². The van der Waals surface area contributed by atoms with Crippen LogP contribution in [0.1, 0.15) is 21.5 Å². The Bertz CT molecular complexity index is 1300. The number of morpholine rings is 1. The molecular formula is C27H29N3O3S. The van der Waals surface area contributed by atoms with E-state index in [1.807, 2.05) is 41.3 Å². The van der Waals surface area contributed by atoms with Gasteiger partial charge in [0.25, 0.3) is 5.91 Å². The maximum absolute atomic E-state index is 14.0. The highest BCUT2D eigenvalue weighted by atomic mass is 32.1. The van der Waals surface area contributed by atoms with Crippen molar-refractivity contribution in [1.29, 1.82) is 0 Å². The topological polar surface area (TPSA) is 54.9 Å². The van der Waals surface area contributed by atoms with Crippen LogP contribution in [0.4, 0.5) is 5.13 Å². The molecule has 0 N–H and O–H groups in total. The van der Waals surface area contributed by atoms with Crippen LogP contribution in [-0.4, -0.2) is 62.3 Å². The molecule has 0 unspecified atom stereocenters. The van der Waals surface area contributed by atoms with E-state index in [0.717, 1.165) is 53.8 Å². The summed E-state index contributed by atoms with van der Waals surface area (Å²) in [5, 5.41) is 2.77. The number of benzene rings is 3. The van der Waals surface area contributed by atoms with Crippen LogP contribution < -0.4 is 9.64 Å². The third kappa shape index (κ3) is 4.51. The predicted molar refractivity (Wildman–Crippen MR) is 139 cm³/mol. The lowest BCUT2D eigenvalue weighted by Gasteiger charge is -2.29. The first-order valence-corrected chi connectivity index (χ1v) is 12.4. The zero-order valence-corrected chi connectivity index (χ0v) is 20.7. The molecule has 1 aromatic heterocycles. The molecule has 34 heavy (non-hydrogen) atoms. The third-order valence-electron chi connectivity index (χ3n) is 6.51. The minimum atomic E-state index is -0.0941. The smallest absolute Gasteiger partial charge is 0.263 e. The second-order valence-electron chi connectivity index (χ2n) is 8.71. The Kier molecular flexibility index (Phi) is 6.50. The molecule has 0 atom stereocenters. The van der Waals surface area contributed by atoms with E-state index in [1.165, 1.54) is 11.1 Å². The van der Waals surface area contributed by atoms with Gasteiger partial charge in [0.05, 0.1) is 36.1 Å². The van der Waals surface area contributed by atoms with Gasteiger partial charge in [0.15, 0.2) is 5.13 Å². The molecule has 0 spiro atoms. The van der Waals surface area contributed by atoms with Crippen LogP contribution in [0.3, 0.4) is 0 Å². The Balaban J connectivity index is 1.55. The molecule has 2 heterocycles. The first kappa shape index (κ1) is 22.8. The van der Waals surface area contributed by atoms with Gasteiger partial charge in [-0.1, -0.05) is 35.6 Å². The Morgan fingerprint density at radius 3 is 2.53 bits per heavy atom. The molecule has 1 fully saturated rings. The van der Waals surface area contributed by atoms with Crippen LogP contribution in [-0.2, 0) is 4.74 Å². The van der Waals surface area contributed by atoms with E-state index in [9.17, 15) is 4.79 Å². The average Bonchev–Trinajstić information content (AvgIpc) is 3.26. The van der Waals surface area contributed by atoms with Crippen molar-refractivity contribution in [3.63, 3.8) is 0 Å². The molecule has 0 radical (unpaired) electrons. The number of hydrogen-bond donors (Lipinski definition) is 0. The average molecular weight is 476 g/mol. The van der Waals surface area contributed by atoms with Crippen LogP contribution in [0.15, 0.2) is 48.5 Å². The van der Waals surface area contributed by atoms with Crippen molar-refractivity contribution >= 4 is 43.4 Å². The maximum atomic E-state index is 14.0. The monoisotopic (exact) mass is 475 g/mol. The molecule has 4 aromatic rings. The predicted octanol–water partition coefficient (Wildman–Crippen LogP) is 5.05. The van der Waals surface area contributed by atoms with Gasteiger partial charge in [-0.05, 0) is 60.0 Å². The number of carbonyl (C=O) groups excluding carboxylic acids is 1.